The van der Waals surface area contributed by atoms with Crippen molar-refractivity contribution in [3.8, 4) is 0 Å². The number of nitrogens with two attached hydrogens (primary N) is 1. The lowest BCUT2D eigenvalue weighted by Crippen LogP contribution is -2.21. The van der Waals surface area contributed by atoms with Crippen molar-refractivity contribution in [1.82, 2.24) is 5.32 Å². The molecule has 70 valence electrons. The molecule has 0 saturated heterocycles. The van der Waals surface area contributed by atoms with E-state index in [1.54, 1.807) is 11.3 Å². The van der Waals surface area contributed by atoms with Crippen LogP contribution in [0.3, 0.4) is 0 Å². The molecule has 0 aliphatic rings. The van der Waals surface area contributed by atoms with Gasteiger partial charge in [0.1, 0.15) is 0 Å². The van der Waals surface area contributed by atoms with Gasteiger partial charge in [0.2, 0.25) is 0 Å². The standard InChI is InChI=1S/C9H12N2S2/c10-2-3-11-6-7-5-9-8(13-7)1-4-12-9/h1,4-5,11H,2-3,6,10H2. The third-order valence-corrected chi connectivity index (χ3v) is 3.90. The molecule has 2 rings (SSSR count). The van der Waals surface area contributed by atoms with Crippen molar-refractivity contribution in [2.75, 3.05) is 13.1 Å². The number of hydrogen-bond acceptors (Lipinski definition) is 4. The first-order valence-corrected chi connectivity index (χ1v) is 5.96. The average Bonchev–Trinajstić information content (AvgIpc) is 2.64. The molecule has 0 atom stereocenters. The fourth-order valence-electron chi connectivity index (χ4n) is 1.22. The minimum Gasteiger partial charge on any atom is -0.329 e. The van der Waals surface area contributed by atoms with Crippen LogP contribution in [0.1, 0.15) is 4.88 Å². The predicted octanol–water partition coefficient (Wildman–Crippen LogP) is 2.01. The van der Waals surface area contributed by atoms with Gasteiger partial charge >= 0.3 is 0 Å². The number of rotatable bonds is 4. The van der Waals surface area contributed by atoms with Crippen molar-refractivity contribution in [2.24, 2.45) is 5.73 Å². The Hall–Kier alpha value is -0.420. The molecule has 13 heavy (non-hydrogen) atoms. The molecule has 2 aromatic rings. The van der Waals surface area contributed by atoms with Gasteiger partial charge in [0.05, 0.1) is 0 Å². The molecule has 0 radical (unpaired) electrons. The van der Waals surface area contributed by atoms with E-state index in [0.717, 1.165) is 13.1 Å². The molecule has 0 fully saturated rings. The topological polar surface area (TPSA) is 38.0 Å². The molecule has 0 aromatic carbocycles. The minimum absolute atomic E-state index is 0.708. The molecule has 0 aliphatic carbocycles. The number of thiophene rings is 2. The number of hydrogen-bond donors (Lipinski definition) is 2. The quantitative estimate of drug-likeness (QED) is 0.761. The predicted molar refractivity (Wildman–Crippen MR) is 60.5 cm³/mol. The summed E-state index contributed by atoms with van der Waals surface area (Å²) in [7, 11) is 0. The van der Waals surface area contributed by atoms with Gasteiger partial charge in [-0.25, -0.2) is 0 Å². The highest BCUT2D eigenvalue weighted by Crippen LogP contribution is 2.29. The normalized spacial score (nSPS) is 11.2. The second-order valence-corrected chi connectivity index (χ2v) is 4.94. The van der Waals surface area contributed by atoms with E-state index in [0.29, 0.717) is 6.54 Å². The molecule has 3 N–H and O–H groups in total. The van der Waals surface area contributed by atoms with Crippen molar-refractivity contribution in [3.63, 3.8) is 0 Å². The molecule has 0 spiro atoms. The summed E-state index contributed by atoms with van der Waals surface area (Å²) >= 11 is 3.67. The first-order chi connectivity index (χ1) is 6.40. The van der Waals surface area contributed by atoms with E-state index in [1.165, 1.54) is 14.3 Å². The largest absolute Gasteiger partial charge is 0.329 e. The molecular weight excluding hydrogens is 200 g/mol. The van der Waals surface area contributed by atoms with E-state index in [4.69, 9.17) is 5.73 Å². The zero-order valence-corrected chi connectivity index (χ0v) is 8.88. The van der Waals surface area contributed by atoms with Gasteiger partial charge in [-0.2, -0.15) is 0 Å². The number of nitrogens with one attached hydrogen (secondary N) is 1. The summed E-state index contributed by atoms with van der Waals surface area (Å²) in [5.74, 6) is 0. The van der Waals surface area contributed by atoms with E-state index in [2.05, 4.69) is 22.8 Å². The van der Waals surface area contributed by atoms with Crippen LogP contribution in [0.15, 0.2) is 17.5 Å². The van der Waals surface area contributed by atoms with Crippen LogP contribution in [0.4, 0.5) is 0 Å². The lowest BCUT2D eigenvalue weighted by atomic mass is 10.4. The molecular formula is C9H12N2S2. The van der Waals surface area contributed by atoms with E-state index in [9.17, 15) is 0 Å². The van der Waals surface area contributed by atoms with Crippen molar-refractivity contribution in [3.05, 3.63) is 22.4 Å². The lowest BCUT2D eigenvalue weighted by Gasteiger charge is -1.98. The Balaban J connectivity index is 2.03. The Bertz CT molecular complexity index is 349. The van der Waals surface area contributed by atoms with Gasteiger partial charge in [-0.15, -0.1) is 22.7 Å². The summed E-state index contributed by atoms with van der Waals surface area (Å²) in [6.07, 6.45) is 0. The Kier molecular flexibility index (Phi) is 2.95. The zero-order valence-electron chi connectivity index (χ0n) is 7.25. The molecule has 2 nitrogen and oxygen atoms in total. The summed E-state index contributed by atoms with van der Waals surface area (Å²) in [4.78, 5) is 1.40. The smallest absolute Gasteiger partial charge is 0.0453 e. The van der Waals surface area contributed by atoms with Crippen LogP contribution in [0.25, 0.3) is 9.40 Å². The van der Waals surface area contributed by atoms with E-state index >= 15 is 0 Å². The van der Waals surface area contributed by atoms with Crippen LogP contribution in [0.5, 0.6) is 0 Å². The SMILES string of the molecule is NCCNCc1cc2sccc2s1. The summed E-state index contributed by atoms with van der Waals surface area (Å²) in [6.45, 7) is 2.55. The Morgan fingerprint density at radius 3 is 3.08 bits per heavy atom. The lowest BCUT2D eigenvalue weighted by molar-refractivity contribution is 0.702. The summed E-state index contributed by atoms with van der Waals surface area (Å²) < 4.78 is 2.80. The highest BCUT2D eigenvalue weighted by atomic mass is 32.1. The number of fused-ring (bicyclic) bond motifs is 1. The summed E-state index contributed by atoms with van der Waals surface area (Å²) in [5.41, 5.74) is 5.39. The fraction of sp³-hybridized carbons (Fsp3) is 0.333. The molecule has 0 saturated carbocycles. The van der Waals surface area contributed by atoms with Crippen molar-refractivity contribution >= 4 is 32.1 Å². The van der Waals surface area contributed by atoms with Gasteiger partial charge in [0.15, 0.2) is 0 Å². The maximum atomic E-state index is 5.39. The molecule has 0 amide bonds. The van der Waals surface area contributed by atoms with E-state index < -0.39 is 0 Å². The third kappa shape index (κ3) is 2.08. The van der Waals surface area contributed by atoms with Crippen molar-refractivity contribution in [1.29, 1.82) is 0 Å². The van der Waals surface area contributed by atoms with Crippen LogP contribution in [-0.4, -0.2) is 13.1 Å². The van der Waals surface area contributed by atoms with Gasteiger partial charge in [-0.1, -0.05) is 0 Å². The van der Waals surface area contributed by atoms with E-state index in [1.807, 2.05) is 11.3 Å². The highest BCUT2D eigenvalue weighted by molar-refractivity contribution is 7.26. The first kappa shape index (κ1) is 9.15. The molecule has 2 aromatic heterocycles. The van der Waals surface area contributed by atoms with Crippen LogP contribution in [0.2, 0.25) is 0 Å². The molecule has 2 heterocycles. The molecule has 0 bridgehead atoms. The van der Waals surface area contributed by atoms with Crippen LogP contribution in [-0.2, 0) is 6.54 Å². The molecule has 4 heteroatoms. The van der Waals surface area contributed by atoms with Gasteiger partial charge in [-0.05, 0) is 17.5 Å². The second-order valence-electron chi connectivity index (χ2n) is 2.83. The second kappa shape index (κ2) is 4.19. The first-order valence-electron chi connectivity index (χ1n) is 4.27. The monoisotopic (exact) mass is 212 g/mol. The van der Waals surface area contributed by atoms with Crippen molar-refractivity contribution in [2.45, 2.75) is 6.54 Å². The maximum Gasteiger partial charge on any atom is 0.0453 e. The van der Waals surface area contributed by atoms with Gasteiger partial charge < -0.3 is 11.1 Å². The van der Waals surface area contributed by atoms with Gasteiger partial charge in [0.25, 0.3) is 0 Å². The van der Waals surface area contributed by atoms with Gasteiger partial charge in [0, 0.05) is 33.9 Å². The fourth-order valence-corrected chi connectivity index (χ4v) is 3.32. The van der Waals surface area contributed by atoms with Crippen LogP contribution >= 0.6 is 22.7 Å². The van der Waals surface area contributed by atoms with Crippen molar-refractivity contribution < 1.29 is 0 Å². The molecule has 0 aliphatic heterocycles. The summed E-state index contributed by atoms with van der Waals surface area (Å²) in [5, 5.41) is 5.43. The Morgan fingerprint density at radius 1 is 1.38 bits per heavy atom. The highest BCUT2D eigenvalue weighted by Gasteiger charge is 2.01. The van der Waals surface area contributed by atoms with Crippen LogP contribution in [0, 0.1) is 0 Å². The average molecular weight is 212 g/mol. The Morgan fingerprint density at radius 2 is 2.31 bits per heavy atom. The summed E-state index contributed by atoms with van der Waals surface area (Å²) in [6, 6.07) is 4.44. The maximum absolute atomic E-state index is 5.39. The van der Waals surface area contributed by atoms with E-state index in [-0.39, 0.29) is 0 Å². The van der Waals surface area contributed by atoms with Gasteiger partial charge in [-0.3, -0.25) is 0 Å². The molecule has 0 unspecified atom stereocenters. The Labute approximate surface area is 85.4 Å². The zero-order chi connectivity index (χ0) is 9.10. The van der Waals surface area contributed by atoms with Crippen LogP contribution < -0.4 is 11.1 Å². The third-order valence-electron chi connectivity index (χ3n) is 1.81. The minimum atomic E-state index is 0.708.